The molecular formula is C13H21IN4O. The highest BCUT2D eigenvalue weighted by atomic mass is 127. The molecule has 1 aromatic rings. The number of hydrogen-bond acceptors (Lipinski definition) is 3. The van der Waals surface area contributed by atoms with E-state index in [-0.39, 0.29) is 29.9 Å². The van der Waals surface area contributed by atoms with Crippen molar-refractivity contribution in [2.45, 2.75) is 13.1 Å². The molecule has 0 aliphatic carbocycles. The Hall–Kier alpha value is -0.860. The number of halogens is 1. The fourth-order valence-corrected chi connectivity index (χ4v) is 2.03. The van der Waals surface area contributed by atoms with Gasteiger partial charge < -0.3 is 16.2 Å². The summed E-state index contributed by atoms with van der Waals surface area (Å²) >= 11 is 0. The summed E-state index contributed by atoms with van der Waals surface area (Å²) in [6, 6.07) is 8.37. The molecule has 106 valence electrons. The van der Waals surface area contributed by atoms with Gasteiger partial charge in [-0.3, -0.25) is 4.90 Å². The molecule has 1 heterocycles. The number of rotatable bonds is 4. The van der Waals surface area contributed by atoms with Crippen molar-refractivity contribution in [3.8, 4) is 0 Å². The first-order chi connectivity index (χ1) is 8.74. The topological polar surface area (TPSA) is 76.9 Å². The van der Waals surface area contributed by atoms with E-state index in [4.69, 9.17) is 16.2 Å². The van der Waals surface area contributed by atoms with Gasteiger partial charge in [-0.2, -0.15) is 0 Å². The Bertz CT molecular complexity index is 415. The number of nitrogens with two attached hydrogens (primary N) is 2. The largest absolute Gasteiger partial charge is 0.379 e. The van der Waals surface area contributed by atoms with Gasteiger partial charge in [0.05, 0.1) is 19.8 Å². The van der Waals surface area contributed by atoms with Gasteiger partial charge >= 0.3 is 0 Å². The molecule has 0 unspecified atom stereocenters. The zero-order valence-corrected chi connectivity index (χ0v) is 13.2. The summed E-state index contributed by atoms with van der Waals surface area (Å²) in [7, 11) is 0. The fourth-order valence-electron chi connectivity index (χ4n) is 2.03. The molecule has 1 fully saturated rings. The van der Waals surface area contributed by atoms with Crippen molar-refractivity contribution < 1.29 is 4.74 Å². The fraction of sp³-hybridized carbons (Fsp3) is 0.462. The third-order valence-corrected chi connectivity index (χ3v) is 2.95. The van der Waals surface area contributed by atoms with Gasteiger partial charge in [0.15, 0.2) is 5.96 Å². The molecule has 0 atom stereocenters. The second-order valence-electron chi connectivity index (χ2n) is 4.45. The smallest absolute Gasteiger partial charge is 0.186 e. The summed E-state index contributed by atoms with van der Waals surface area (Å²) in [5, 5.41) is 0. The van der Waals surface area contributed by atoms with E-state index in [2.05, 4.69) is 22.0 Å². The second-order valence-corrected chi connectivity index (χ2v) is 4.45. The number of ether oxygens (including phenoxy) is 1. The van der Waals surface area contributed by atoms with Crippen LogP contribution in [-0.4, -0.2) is 37.2 Å². The maximum absolute atomic E-state index is 5.34. The Labute approximate surface area is 131 Å². The van der Waals surface area contributed by atoms with Crippen LogP contribution in [0.3, 0.4) is 0 Å². The summed E-state index contributed by atoms with van der Waals surface area (Å²) in [6.45, 7) is 5.15. The summed E-state index contributed by atoms with van der Waals surface area (Å²) in [4.78, 5) is 6.41. The first-order valence-corrected chi connectivity index (χ1v) is 6.17. The Morgan fingerprint density at radius 1 is 1.21 bits per heavy atom. The van der Waals surface area contributed by atoms with Gasteiger partial charge in [0.25, 0.3) is 0 Å². The summed E-state index contributed by atoms with van der Waals surface area (Å²) in [5.74, 6) is 0.133. The minimum Gasteiger partial charge on any atom is -0.379 e. The molecule has 4 N–H and O–H groups in total. The Balaban J connectivity index is 0.00000180. The SMILES string of the molecule is I.NC(N)=NCc1cccc(CN2CCOCC2)c1. The zero-order chi connectivity index (χ0) is 12.8. The molecule has 1 saturated heterocycles. The van der Waals surface area contributed by atoms with E-state index >= 15 is 0 Å². The molecule has 0 bridgehead atoms. The molecule has 0 aromatic heterocycles. The van der Waals surface area contributed by atoms with Crippen LogP contribution in [0.15, 0.2) is 29.3 Å². The quantitative estimate of drug-likeness (QED) is 0.465. The highest BCUT2D eigenvalue weighted by molar-refractivity contribution is 14.0. The number of aliphatic imine (C=N–C) groups is 1. The van der Waals surface area contributed by atoms with Gasteiger partial charge in [0.2, 0.25) is 0 Å². The van der Waals surface area contributed by atoms with Crippen molar-refractivity contribution >= 4 is 29.9 Å². The molecule has 19 heavy (non-hydrogen) atoms. The number of morpholine rings is 1. The highest BCUT2D eigenvalue weighted by Gasteiger charge is 2.10. The van der Waals surface area contributed by atoms with Crippen molar-refractivity contribution in [1.82, 2.24) is 4.90 Å². The summed E-state index contributed by atoms with van der Waals surface area (Å²) in [5.41, 5.74) is 13.1. The van der Waals surface area contributed by atoms with Crippen LogP contribution in [0.1, 0.15) is 11.1 Å². The number of guanidine groups is 1. The first-order valence-electron chi connectivity index (χ1n) is 6.17. The average molecular weight is 376 g/mol. The van der Waals surface area contributed by atoms with Crippen LogP contribution >= 0.6 is 24.0 Å². The molecule has 1 aliphatic rings. The summed E-state index contributed by atoms with van der Waals surface area (Å²) in [6.07, 6.45) is 0. The van der Waals surface area contributed by atoms with E-state index in [1.54, 1.807) is 0 Å². The number of hydrogen-bond donors (Lipinski definition) is 2. The average Bonchev–Trinajstić information content (AvgIpc) is 2.38. The van der Waals surface area contributed by atoms with Crippen LogP contribution < -0.4 is 11.5 Å². The predicted octanol–water partition coefficient (Wildman–Crippen LogP) is 0.910. The highest BCUT2D eigenvalue weighted by Crippen LogP contribution is 2.10. The molecular weight excluding hydrogens is 355 g/mol. The van der Waals surface area contributed by atoms with Crippen LogP contribution in [-0.2, 0) is 17.8 Å². The molecule has 6 heteroatoms. The van der Waals surface area contributed by atoms with Gasteiger partial charge in [0.1, 0.15) is 0 Å². The van der Waals surface area contributed by atoms with Crippen molar-refractivity contribution in [3.63, 3.8) is 0 Å². The molecule has 0 saturated carbocycles. The molecule has 5 nitrogen and oxygen atoms in total. The molecule has 0 spiro atoms. The van der Waals surface area contributed by atoms with E-state index in [0.29, 0.717) is 6.54 Å². The molecule has 2 rings (SSSR count). The van der Waals surface area contributed by atoms with Crippen LogP contribution in [0.4, 0.5) is 0 Å². The lowest BCUT2D eigenvalue weighted by molar-refractivity contribution is 0.0342. The first kappa shape index (κ1) is 16.2. The van der Waals surface area contributed by atoms with Gasteiger partial charge in [-0.05, 0) is 11.1 Å². The maximum atomic E-state index is 5.34. The maximum Gasteiger partial charge on any atom is 0.186 e. The van der Waals surface area contributed by atoms with Gasteiger partial charge in [-0.15, -0.1) is 24.0 Å². The molecule has 0 radical (unpaired) electrons. The molecule has 0 amide bonds. The van der Waals surface area contributed by atoms with E-state index in [1.807, 2.05) is 12.1 Å². The lowest BCUT2D eigenvalue weighted by Crippen LogP contribution is -2.35. The zero-order valence-electron chi connectivity index (χ0n) is 10.9. The number of benzene rings is 1. The van der Waals surface area contributed by atoms with Crippen LogP contribution in [0.25, 0.3) is 0 Å². The van der Waals surface area contributed by atoms with E-state index in [0.717, 1.165) is 38.4 Å². The molecule has 1 aliphatic heterocycles. The van der Waals surface area contributed by atoms with Gasteiger partial charge in [-0.25, -0.2) is 4.99 Å². The van der Waals surface area contributed by atoms with Crippen molar-refractivity contribution in [2.75, 3.05) is 26.3 Å². The third-order valence-electron chi connectivity index (χ3n) is 2.95. The van der Waals surface area contributed by atoms with Crippen LogP contribution in [0.2, 0.25) is 0 Å². The van der Waals surface area contributed by atoms with Gasteiger partial charge in [0, 0.05) is 19.6 Å². The lowest BCUT2D eigenvalue weighted by Gasteiger charge is -2.26. The third kappa shape index (κ3) is 5.75. The standard InChI is InChI=1S/C13H20N4O.HI/c14-13(15)16-9-11-2-1-3-12(8-11)10-17-4-6-18-7-5-17;/h1-3,8H,4-7,9-10H2,(H4,14,15,16);1H. The Kier molecular flexibility index (Phi) is 7.11. The van der Waals surface area contributed by atoms with E-state index in [1.165, 1.54) is 5.56 Å². The normalized spacial score (nSPS) is 15.6. The molecule has 1 aromatic carbocycles. The van der Waals surface area contributed by atoms with Crippen LogP contribution in [0, 0.1) is 0 Å². The number of nitrogens with zero attached hydrogens (tertiary/aromatic N) is 2. The summed E-state index contributed by atoms with van der Waals surface area (Å²) < 4.78 is 5.34. The predicted molar refractivity (Wildman–Crippen MR) is 87.5 cm³/mol. The minimum absolute atomic E-state index is 0. The van der Waals surface area contributed by atoms with Crippen LogP contribution in [0.5, 0.6) is 0 Å². The second kappa shape index (κ2) is 8.34. The van der Waals surface area contributed by atoms with E-state index in [9.17, 15) is 0 Å². The van der Waals surface area contributed by atoms with Crippen molar-refractivity contribution in [3.05, 3.63) is 35.4 Å². The monoisotopic (exact) mass is 376 g/mol. The van der Waals surface area contributed by atoms with Gasteiger partial charge in [-0.1, -0.05) is 24.3 Å². The van der Waals surface area contributed by atoms with E-state index < -0.39 is 0 Å². The minimum atomic E-state index is 0. The lowest BCUT2D eigenvalue weighted by atomic mass is 10.1. The Morgan fingerprint density at radius 2 is 1.89 bits per heavy atom. The Morgan fingerprint density at radius 3 is 2.58 bits per heavy atom. The van der Waals surface area contributed by atoms with Crippen molar-refractivity contribution in [2.24, 2.45) is 16.5 Å². The van der Waals surface area contributed by atoms with Crippen molar-refractivity contribution in [1.29, 1.82) is 0 Å².